The predicted molar refractivity (Wildman–Crippen MR) is 120 cm³/mol. The third kappa shape index (κ3) is 3.79. The lowest BCUT2D eigenvalue weighted by atomic mass is 9.98. The van der Waals surface area contributed by atoms with Gasteiger partial charge in [0, 0.05) is 15.7 Å². The highest BCUT2D eigenvalue weighted by molar-refractivity contribution is 9.10. The molecule has 0 spiro atoms. The van der Waals surface area contributed by atoms with E-state index in [1.54, 1.807) is 31.2 Å². The fourth-order valence-electron chi connectivity index (χ4n) is 3.57. The van der Waals surface area contributed by atoms with Gasteiger partial charge in [0.2, 0.25) is 0 Å². The van der Waals surface area contributed by atoms with Gasteiger partial charge in [-0.3, -0.25) is 14.2 Å². The van der Waals surface area contributed by atoms with E-state index in [4.69, 9.17) is 9.15 Å². The Hall–Kier alpha value is -2.91. The number of aromatic hydroxyl groups is 1. The number of allylic oxidation sites excluding steroid dienone is 2. The highest BCUT2D eigenvalue weighted by Gasteiger charge is 2.32. The van der Waals surface area contributed by atoms with Crippen molar-refractivity contribution in [2.24, 2.45) is 4.99 Å². The number of halogens is 1. The maximum absolute atomic E-state index is 13.4. The number of nitrogens with zero attached hydrogens (tertiary/aromatic N) is 2. The van der Waals surface area contributed by atoms with Crippen LogP contribution < -0.4 is 19.6 Å². The number of hydrogen-bond acceptors (Lipinski definition) is 7. The summed E-state index contributed by atoms with van der Waals surface area (Å²) in [5.74, 6) is 0.663. The molecule has 7 nitrogen and oxygen atoms in total. The molecule has 0 radical (unpaired) electrons. The molecule has 1 N–H and O–H groups in total. The molecule has 1 aliphatic heterocycles. The second-order valence-electron chi connectivity index (χ2n) is 6.93. The summed E-state index contributed by atoms with van der Waals surface area (Å²) in [6.45, 7) is 5.44. The molecule has 3 heterocycles. The van der Waals surface area contributed by atoms with Gasteiger partial charge in [-0.05, 0) is 56.7 Å². The minimum absolute atomic E-state index is 0.00637. The number of ether oxygens (including phenoxy) is 1. The van der Waals surface area contributed by atoms with Crippen LogP contribution in [0.25, 0.3) is 6.08 Å². The summed E-state index contributed by atoms with van der Waals surface area (Å²) in [6.07, 6.45) is 3.23. The second-order valence-corrected chi connectivity index (χ2v) is 8.79. The van der Waals surface area contributed by atoms with Crippen molar-refractivity contribution in [3.8, 4) is 11.5 Å². The van der Waals surface area contributed by atoms with Gasteiger partial charge in [-0.25, -0.2) is 4.99 Å². The van der Waals surface area contributed by atoms with Crippen LogP contribution in [-0.4, -0.2) is 22.1 Å². The van der Waals surface area contributed by atoms with E-state index in [1.807, 2.05) is 6.92 Å². The van der Waals surface area contributed by atoms with Crippen molar-refractivity contribution in [1.29, 1.82) is 0 Å². The van der Waals surface area contributed by atoms with E-state index in [9.17, 15) is 14.7 Å². The molecule has 0 unspecified atom stereocenters. The van der Waals surface area contributed by atoms with Gasteiger partial charge in [-0.15, -0.1) is 0 Å². The third-order valence-corrected chi connectivity index (χ3v) is 6.55. The number of fused-ring (bicyclic) bond motifs is 1. The van der Waals surface area contributed by atoms with Gasteiger partial charge in [0.15, 0.2) is 22.1 Å². The third-order valence-electron chi connectivity index (χ3n) is 4.88. The Labute approximate surface area is 189 Å². The van der Waals surface area contributed by atoms with Crippen molar-refractivity contribution in [3.05, 3.63) is 77.3 Å². The van der Waals surface area contributed by atoms with Crippen LogP contribution in [0.5, 0.6) is 11.5 Å². The molecule has 0 bridgehead atoms. The van der Waals surface area contributed by atoms with Crippen LogP contribution in [0.4, 0.5) is 0 Å². The van der Waals surface area contributed by atoms with E-state index in [2.05, 4.69) is 20.9 Å². The number of carbonyl (C=O) groups is 1. The molecule has 0 fully saturated rings. The molecular weight excluding hydrogens is 484 g/mol. The maximum atomic E-state index is 13.4. The van der Waals surface area contributed by atoms with Gasteiger partial charge in [-0.2, -0.15) is 0 Å². The molecule has 0 saturated heterocycles. The van der Waals surface area contributed by atoms with Crippen LogP contribution >= 0.6 is 27.3 Å². The van der Waals surface area contributed by atoms with E-state index < -0.39 is 6.04 Å². The second kappa shape index (κ2) is 8.32. The number of phenols is 1. The number of carbonyl (C=O) groups excluding carboxylic acids is 1. The quantitative estimate of drug-likeness (QED) is 0.577. The van der Waals surface area contributed by atoms with Crippen molar-refractivity contribution >= 4 is 39.1 Å². The Morgan fingerprint density at radius 3 is 2.87 bits per heavy atom. The molecule has 0 aliphatic carbocycles. The summed E-state index contributed by atoms with van der Waals surface area (Å²) in [6, 6.07) is 5.98. The fourth-order valence-corrected chi connectivity index (χ4v) is 5.05. The first-order valence-electron chi connectivity index (χ1n) is 9.54. The highest BCUT2D eigenvalue weighted by atomic mass is 79.9. The van der Waals surface area contributed by atoms with Crippen LogP contribution in [0.15, 0.2) is 60.5 Å². The fraction of sp³-hybridized carbons (Fsp3) is 0.227. The molecule has 160 valence electrons. The summed E-state index contributed by atoms with van der Waals surface area (Å²) >= 11 is 4.65. The lowest BCUT2D eigenvalue weighted by molar-refractivity contribution is -0.114. The van der Waals surface area contributed by atoms with E-state index in [-0.39, 0.29) is 17.1 Å². The molecule has 4 rings (SSSR count). The van der Waals surface area contributed by atoms with E-state index >= 15 is 0 Å². The Balaban J connectivity index is 1.95. The normalized spacial score (nSPS) is 16.3. The Kier molecular flexibility index (Phi) is 5.72. The zero-order valence-corrected chi connectivity index (χ0v) is 19.4. The summed E-state index contributed by atoms with van der Waals surface area (Å²) < 4.78 is 13.6. The van der Waals surface area contributed by atoms with E-state index in [0.717, 1.165) is 0 Å². The average molecular weight is 503 g/mol. The number of Topliss-reactive ketones (excluding diaryl/α,β-unsaturated/α-hetero) is 1. The zero-order chi connectivity index (χ0) is 22.3. The van der Waals surface area contributed by atoms with Gasteiger partial charge >= 0.3 is 0 Å². The number of aromatic nitrogens is 1. The molecule has 31 heavy (non-hydrogen) atoms. The van der Waals surface area contributed by atoms with Crippen LogP contribution in [0, 0.1) is 0 Å². The zero-order valence-electron chi connectivity index (χ0n) is 17.0. The lowest BCUT2D eigenvalue weighted by Gasteiger charge is -2.22. The number of ketones is 1. The molecule has 1 aromatic carbocycles. The van der Waals surface area contributed by atoms with Crippen molar-refractivity contribution in [3.63, 3.8) is 0 Å². The minimum atomic E-state index is -0.673. The lowest BCUT2D eigenvalue weighted by Crippen LogP contribution is -2.39. The number of furan rings is 1. The van der Waals surface area contributed by atoms with Crippen molar-refractivity contribution in [2.75, 3.05) is 6.61 Å². The minimum Gasteiger partial charge on any atom is -0.504 e. The summed E-state index contributed by atoms with van der Waals surface area (Å²) in [4.78, 5) is 30.8. The first-order chi connectivity index (χ1) is 14.8. The highest BCUT2D eigenvalue weighted by Crippen LogP contribution is 2.33. The molecule has 0 saturated carbocycles. The summed E-state index contributed by atoms with van der Waals surface area (Å²) in [5.41, 5.74) is 1.38. The van der Waals surface area contributed by atoms with Crippen LogP contribution in [0.2, 0.25) is 0 Å². The van der Waals surface area contributed by atoms with Crippen LogP contribution in [0.1, 0.15) is 38.1 Å². The summed E-state index contributed by atoms with van der Waals surface area (Å²) in [7, 11) is 0. The standard InChI is InChI=1S/C22H19BrN2O5S/c1-4-29-17-8-13(14(23)10-15(17)27)9-18-21(28)25-20(16-6-5-7-30-16)19(12(3)26)11(2)24-22(25)31-18/h5-10,20,27H,4H2,1-3H3/b18-9+/t20-/m0/s1. The number of phenolic OH excluding ortho intramolecular Hbond substituents is 1. The van der Waals surface area contributed by atoms with Gasteiger partial charge < -0.3 is 14.3 Å². The van der Waals surface area contributed by atoms with E-state index in [0.29, 0.717) is 48.8 Å². The van der Waals surface area contributed by atoms with Gasteiger partial charge in [0.25, 0.3) is 5.56 Å². The molecule has 9 heteroatoms. The van der Waals surface area contributed by atoms with Gasteiger partial charge in [-0.1, -0.05) is 27.3 Å². The number of hydrogen-bond donors (Lipinski definition) is 1. The first-order valence-corrected chi connectivity index (χ1v) is 11.1. The van der Waals surface area contributed by atoms with Crippen LogP contribution in [-0.2, 0) is 4.79 Å². The molecule has 1 atom stereocenters. The smallest absolute Gasteiger partial charge is 0.271 e. The number of benzene rings is 1. The number of rotatable bonds is 5. The molecular formula is C22H19BrN2O5S. The topological polar surface area (TPSA) is 94.0 Å². The maximum Gasteiger partial charge on any atom is 0.271 e. The summed E-state index contributed by atoms with van der Waals surface area (Å²) in [5, 5.41) is 10.1. The Morgan fingerprint density at radius 2 is 2.23 bits per heavy atom. The van der Waals surface area contributed by atoms with Gasteiger partial charge in [0.05, 0.1) is 17.4 Å². The average Bonchev–Trinajstić information content (AvgIpc) is 3.33. The van der Waals surface area contributed by atoms with Crippen molar-refractivity contribution < 1.29 is 19.1 Å². The van der Waals surface area contributed by atoms with Gasteiger partial charge in [0.1, 0.15) is 11.8 Å². The van der Waals surface area contributed by atoms with Crippen LogP contribution in [0.3, 0.4) is 0 Å². The Morgan fingerprint density at radius 1 is 1.45 bits per heavy atom. The molecule has 0 amide bonds. The molecule has 3 aromatic rings. The van der Waals surface area contributed by atoms with Crippen molar-refractivity contribution in [1.82, 2.24) is 4.57 Å². The monoisotopic (exact) mass is 502 g/mol. The molecule has 2 aromatic heterocycles. The van der Waals surface area contributed by atoms with E-state index in [1.165, 1.54) is 35.2 Å². The predicted octanol–water partition coefficient (Wildman–Crippen LogP) is 3.28. The Bertz CT molecular complexity index is 1380. The first kappa shape index (κ1) is 21.3. The SMILES string of the molecule is CCOc1cc(/C=c2/sc3n(c2=O)[C@@H](c2ccco2)C(C(C)=O)=C(C)N=3)c(Br)cc1O. The number of thiazole rings is 1. The van der Waals surface area contributed by atoms with Crippen molar-refractivity contribution in [2.45, 2.75) is 26.8 Å². The molecule has 1 aliphatic rings. The largest absolute Gasteiger partial charge is 0.504 e.